The van der Waals surface area contributed by atoms with Crippen LogP contribution in [0.5, 0.6) is 11.5 Å². The molecule has 0 aliphatic carbocycles. The van der Waals surface area contributed by atoms with Gasteiger partial charge in [0.25, 0.3) is 0 Å². The number of rotatable bonds is 4. The maximum atomic E-state index is 13.4. The number of ether oxygens (including phenoxy) is 2. The Balaban J connectivity index is 2.05. The second-order valence-electron chi connectivity index (χ2n) is 6.75. The first kappa shape index (κ1) is 16.7. The number of benzene rings is 1. The van der Waals surface area contributed by atoms with Crippen molar-refractivity contribution in [1.82, 2.24) is 5.32 Å². The number of carbonyl (C=O) groups is 1. The summed E-state index contributed by atoms with van der Waals surface area (Å²) in [5, 5.41) is 3.32. The number of piperidine rings is 1. The molecule has 0 amide bonds. The van der Waals surface area contributed by atoms with Crippen molar-refractivity contribution in [3.8, 4) is 11.5 Å². The van der Waals surface area contributed by atoms with Crippen LogP contribution in [0.4, 0.5) is 4.39 Å². The zero-order valence-electron chi connectivity index (χ0n) is 13.4. The van der Waals surface area contributed by atoms with Crippen molar-refractivity contribution in [2.24, 2.45) is 11.3 Å². The Morgan fingerprint density at radius 1 is 1.36 bits per heavy atom. The normalized spacial score (nSPS) is 18.8. The van der Waals surface area contributed by atoms with Gasteiger partial charge in [0.15, 0.2) is 11.5 Å². The van der Waals surface area contributed by atoms with Crippen LogP contribution in [0.1, 0.15) is 33.6 Å². The highest BCUT2D eigenvalue weighted by molar-refractivity contribution is 5.78. The molecule has 1 aromatic carbocycles. The Hall–Kier alpha value is -1.62. The minimum atomic E-state index is -0.656. The molecule has 0 spiro atoms. The monoisotopic (exact) mass is 309 g/mol. The van der Waals surface area contributed by atoms with Crippen molar-refractivity contribution >= 4 is 5.97 Å². The Kier molecular flexibility index (Phi) is 5.40. The molecule has 2 rings (SSSR count). The predicted octanol–water partition coefficient (Wildman–Crippen LogP) is 3.16. The van der Waals surface area contributed by atoms with Gasteiger partial charge in [0.05, 0.1) is 12.0 Å². The maximum absolute atomic E-state index is 13.4. The Bertz CT molecular complexity index is 519. The zero-order valence-corrected chi connectivity index (χ0v) is 13.4. The molecule has 1 atom stereocenters. The SMILES string of the molecule is CC(C)(C)C(=O)Oc1cc(F)ccc1OC[C@H]1CCCNC1. The summed E-state index contributed by atoms with van der Waals surface area (Å²) in [6.45, 7) is 7.74. The van der Waals surface area contributed by atoms with Crippen LogP contribution in [0.3, 0.4) is 0 Å². The molecule has 0 saturated carbocycles. The molecular formula is C17H24FNO3. The van der Waals surface area contributed by atoms with E-state index in [0.717, 1.165) is 25.9 Å². The van der Waals surface area contributed by atoms with Gasteiger partial charge in [0, 0.05) is 18.5 Å². The fraction of sp³-hybridized carbons (Fsp3) is 0.588. The van der Waals surface area contributed by atoms with Crippen molar-refractivity contribution in [2.45, 2.75) is 33.6 Å². The van der Waals surface area contributed by atoms with Gasteiger partial charge in [-0.15, -0.1) is 0 Å². The summed E-state index contributed by atoms with van der Waals surface area (Å²) in [4.78, 5) is 12.0. The molecular weight excluding hydrogens is 285 g/mol. The summed E-state index contributed by atoms with van der Waals surface area (Å²) < 4.78 is 24.5. The van der Waals surface area contributed by atoms with Gasteiger partial charge in [-0.1, -0.05) is 0 Å². The second kappa shape index (κ2) is 7.09. The summed E-state index contributed by atoms with van der Waals surface area (Å²) in [6.07, 6.45) is 2.23. The molecule has 1 aliphatic heterocycles. The van der Waals surface area contributed by atoms with E-state index in [-0.39, 0.29) is 5.75 Å². The first-order chi connectivity index (χ1) is 10.4. The third-order valence-corrected chi connectivity index (χ3v) is 3.59. The minimum absolute atomic E-state index is 0.142. The lowest BCUT2D eigenvalue weighted by molar-refractivity contribution is -0.143. The standard InChI is InChI=1S/C17H24FNO3/c1-17(2,3)16(20)22-15-9-13(18)6-7-14(15)21-11-12-5-4-8-19-10-12/h6-7,9,12,19H,4-5,8,10-11H2,1-3H3/t12-/m0/s1. The zero-order chi connectivity index (χ0) is 16.2. The molecule has 5 heteroatoms. The molecule has 1 aromatic rings. The van der Waals surface area contributed by atoms with E-state index in [9.17, 15) is 9.18 Å². The van der Waals surface area contributed by atoms with Crippen LogP contribution < -0.4 is 14.8 Å². The number of carbonyl (C=O) groups excluding carboxylic acids is 1. The summed E-state index contributed by atoms with van der Waals surface area (Å²) in [7, 11) is 0. The third kappa shape index (κ3) is 4.70. The van der Waals surface area contributed by atoms with E-state index >= 15 is 0 Å². The molecule has 0 bridgehead atoms. The van der Waals surface area contributed by atoms with Crippen LogP contribution in [-0.2, 0) is 4.79 Å². The highest BCUT2D eigenvalue weighted by atomic mass is 19.1. The lowest BCUT2D eigenvalue weighted by Crippen LogP contribution is -2.33. The molecule has 4 nitrogen and oxygen atoms in total. The molecule has 0 unspecified atom stereocenters. The van der Waals surface area contributed by atoms with Gasteiger partial charge in [-0.3, -0.25) is 4.79 Å². The van der Waals surface area contributed by atoms with Crippen LogP contribution in [0.15, 0.2) is 18.2 Å². The highest BCUT2D eigenvalue weighted by Crippen LogP contribution is 2.31. The molecule has 0 aromatic heterocycles. The van der Waals surface area contributed by atoms with Gasteiger partial charge < -0.3 is 14.8 Å². The highest BCUT2D eigenvalue weighted by Gasteiger charge is 2.25. The van der Waals surface area contributed by atoms with Gasteiger partial charge in [0.1, 0.15) is 5.82 Å². The number of hydrogen-bond donors (Lipinski definition) is 1. The molecule has 1 heterocycles. The van der Waals surface area contributed by atoms with E-state index in [1.165, 1.54) is 18.2 Å². The first-order valence-corrected chi connectivity index (χ1v) is 7.71. The van der Waals surface area contributed by atoms with E-state index in [2.05, 4.69) is 5.32 Å². The van der Waals surface area contributed by atoms with Crippen molar-refractivity contribution in [3.63, 3.8) is 0 Å². The van der Waals surface area contributed by atoms with Crippen LogP contribution in [0, 0.1) is 17.2 Å². The number of hydrogen-bond acceptors (Lipinski definition) is 4. The lowest BCUT2D eigenvalue weighted by Gasteiger charge is -2.23. The van der Waals surface area contributed by atoms with Crippen molar-refractivity contribution < 1.29 is 18.7 Å². The second-order valence-corrected chi connectivity index (χ2v) is 6.75. The number of halogens is 1. The number of nitrogens with one attached hydrogen (secondary N) is 1. The van der Waals surface area contributed by atoms with Gasteiger partial charge >= 0.3 is 5.97 Å². The van der Waals surface area contributed by atoms with Gasteiger partial charge in [0.2, 0.25) is 0 Å². The summed E-state index contributed by atoms with van der Waals surface area (Å²) in [5.74, 6) is 0.101. The summed E-state index contributed by atoms with van der Waals surface area (Å²) in [6, 6.07) is 4.01. The Morgan fingerprint density at radius 3 is 2.77 bits per heavy atom. The molecule has 0 radical (unpaired) electrons. The Labute approximate surface area is 131 Å². The predicted molar refractivity (Wildman–Crippen MR) is 82.6 cm³/mol. The average molecular weight is 309 g/mol. The molecule has 1 aliphatic rings. The summed E-state index contributed by atoms with van der Waals surface area (Å²) >= 11 is 0. The van der Waals surface area contributed by atoms with Crippen molar-refractivity contribution in [2.75, 3.05) is 19.7 Å². The Morgan fingerprint density at radius 2 is 2.14 bits per heavy atom. The van der Waals surface area contributed by atoms with Crippen LogP contribution in [-0.4, -0.2) is 25.7 Å². The maximum Gasteiger partial charge on any atom is 0.316 e. The van der Waals surface area contributed by atoms with E-state index < -0.39 is 17.2 Å². The fourth-order valence-electron chi connectivity index (χ4n) is 2.21. The van der Waals surface area contributed by atoms with E-state index in [0.29, 0.717) is 18.3 Å². The molecule has 1 saturated heterocycles. The van der Waals surface area contributed by atoms with E-state index in [4.69, 9.17) is 9.47 Å². The van der Waals surface area contributed by atoms with Gasteiger partial charge in [-0.25, -0.2) is 4.39 Å². The third-order valence-electron chi connectivity index (χ3n) is 3.59. The van der Waals surface area contributed by atoms with E-state index in [1.807, 2.05) is 0 Å². The minimum Gasteiger partial charge on any atom is -0.489 e. The van der Waals surface area contributed by atoms with Crippen molar-refractivity contribution in [1.29, 1.82) is 0 Å². The van der Waals surface area contributed by atoms with Crippen LogP contribution in [0.25, 0.3) is 0 Å². The first-order valence-electron chi connectivity index (χ1n) is 7.71. The molecule has 1 fully saturated rings. The van der Waals surface area contributed by atoms with Crippen LogP contribution in [0.2, 0.25) is 0 Å². The van der Waals surface area contributed by atoms with Crippen LogP contribution >= 0.6 is 0 Å². The van der Waals surface area contributed by atoms with Gasteiger partial charge in [-0.2, -0.15) is 0 Å². The molecule has 1 N–H and O–H groups in total. The quantitative estimate of drug-likeness (QED) is 0.685. The summed E-state index contributed by atoms with van der Waals surface area (Å²) in [5.41, 5.74) is -0.656. The van der Waals surface area contributed by atoms with E-state index in [1.54, 1.807) is 20.8 Å². The smallest absolute Gasteiger partial charge is 0.316 e. The molecule has 122 valence electrons. The topological polar surface area (TPSA) is 47.6 Å². The average Bonchev–Trinajstić information content (AvgIpc) is 2.46. The fourth-order valence-corrected chi connectivity index (χ4v) is 2.21. The lowest BCUT2D eigenvalue weighted by atomic mass is 9.97. The number of esters is 1. The molecule has 22 heavy (non-hydrogen) atoms. The largest absolute Gasteiger partial charge is 0.489 e. The van der Waals surface area contributed by atoms with Crippen molar-refractivity contribution in [3.05, 3.63) is 24.0 Å². The van der Waals surface area contributed by atoms with Gasteiger partial charge in [-0.05, 0) is 52.3 Å².